The lowest BCUT2D eigenvalue weighted by molar-refractivity contribution is -0.531. The minimum absolute atomic E-state index is 0.0476. The van der Waals surface area contributed by atoms with Gasteiger partial charge in [0, 0.05) is 5.56 Å². The molecule has 0 radical (unpaired) electrons. The number of benzene rings is 2. The first-order valence-corrected chi connectivity index (χ1v) is 9.30. The summed E-state index contributed by atoms with van der Waals surface area (Å²) in [6.07, 6.45) is 1.85. The number of likely N-dealkylation sites (N-methyl/N-ethyl adjacent to an activating group) is 1. The number of hydrogen-bond acceptors (Lipinski definition) is 2. The Morgan fingerprint density at radius 2 is 1.67 bits per heavy atom. The first kappa shape index (κ1) is 20.6. The van der Waals surface area contributed by atoms with Gasteiger partial charge in [-0.1, -0.05) is 48.5 Å². The number of rotatable bonds is 6. The van der Waals surface area contributed by atoms with E-state index in [0.717, 1.165) is 27.8 Å². The van der Waals surface area contributed by atoms with Crippen molar-refractivity contribution in [1.29, 1.82) is 5.41 Å². The molecule has 0 heterocycles. The molecule has 3 heteroatoms. The standard InChI is InChI=1S/C24H30N2O/c1-15-11-12-21(18(4)13-15)24(20(6)27)19(5)26(7)14-22(25)23-16(2)9-8-10-17(23)3/h8-14,19,24-25H,6H2,1-5,7H3/p+1. The van der Waals surface area contributed by atoms with Crippen LogP contribution in [-0.4, -0.2) is 34.7 Å². The molecule has 142 valence electrons. The third kappa shape index (κ3) is 4.54. The molecular formula is C24H31N2O+. The predicted octanol–water partition coefficient (Wildman–Crippen LogP) is 5.25. The van der Waals surface area contributed by atoms with Crippen molar-refractivity contribution >= 4 is 11.9 Å². The molecule has 0 aliphatic heterocycles. The van der Waals surface area contributed by atoms with Gasteiger partial charge < -0.3 is 5.11 Å². The highest BCUT2D eigenvalue weighted by molar-refractivity contribution is 6.36. The molecule has 2 atom stereocenters. The van der Waals surface area contributed by atoms with Crippen molar-refractivity contribution in [2.45, 2.75) is 46.6 Å². The van der Waals surface area contributed by atoms with Crippen molar-refractivity contribution in [1.82, 2.24) is 0 Å². The molecule has 0 amide bonds. The highest BCUT2D eigenvalue weighted by Crippen LogP contribution is 2.30. The normalized spacial score (nSPS) is 13.9. The van der Waals surface area contributed by atoms with Crippen LogP contribution in [0.25, 0.3) is 0 Å². The summed E-state index contributed by atoms with van der Waals surface area (Å²) in [5.41, 5.74) is 7.03. The van der Waals surface area contributed by atoms with E-state index in [1.54, 1.807) is 0 Å². The van der Waals surface area contributed by atoms with Crippen LogP contribution in [0.2, 0.25) is 0 Å². The molecule has 0 spiro atoms. The van der Waals surface area contributed by atoms with Crippen LogP contribution in [0.15, 0.2) is 48.7 Å². The fourth-order valence-corrected chi connectivity index (χ4v) is 3.75. The first-order chi connectivity index (χ1) is 12.6. The van der Waals surface area contributed by atoms with Crippen LogP contribution >= 0.6 is 0 Å². The minimum atomic E-state index is -0.224. The monoisotopic (exact) mass is 363 g/mol. The van der Waals surface area contributed by atoms with Crippen molar-refractivity contribution < 1.29 is 9.68 Å². The van der Waals surface area contributed by atoms with Crippen molar-refractivity contribution in [3.8, 4) is 0 Å². The van der Waals surface area contributed by atoms with Crippen molar-refractivity contribution in [3.63, 3.8) is 0 Å². The van der Waals surface area contributed by atoms with Crippen LogP contribution in [0.1, 0.15) is 46.2 Å². The van der Waals surface area contributed by atoms with E-state index in [9.17, 15) is 5.11 Å². The zero-order chi connectivity index (χ0) is 20.3. The molecule has 0 aliphatic carbocycles. The van der Waals surface area contributed by atoms with Crippen LogP contribution < -0.4 is 0 Å². The van der Waals surface area contributed by atoms with Gasteiger partial charge in [-0.05, 0) is 56.9 Å². The van der Waals surface area contributed by atoms with Gasteiger partial charge >= 0.3 is 0 Å². The molecule has 0 aromatic heterocycles. The molecule has 2 unspecified atom stereocenters. The van der Waals surface area contributed by atoms with Gasteiger partial charge in [0.2, 0.25) is 0 Å². The van der Waals surface area contributed by atoms with Gasteiger partial charge in [0.05, 0.1) is 5.76 Å². The fraction of sp³-hybridized carbons (Fsp3) is 0.333. The summed E-state index contributed by atoms with van der Waals surface area (Å²) in [7, 11) is 1.95. The van der Waals surface area contributed by atoms with E-state index >= 15 is 0 Å². The van der Waals surface area contributed by atoms with E-state index in [1.165, 1.54) is 5.56 Å². The Bertz CT molecular complexity index is 888. The van der Waals surface area contributed by atoms with Gasteiger partial charge in [-0.25, -0.2) is 4.58 Å². The Labute approximate surface area is 163 Å². The minimum Gasteiger partial charge on any atom is -0.512 e. The number of nitrogens with zero attached hydrogens (tertiary/aromatic N) is 1. The Morgan fingerprint density at radius 1 is 1.07 bits per heavy atom. The topological polar surface area (TPSA) is 47.1 Å². The number of aryl methyl sites for hydroxylation is 4. The second-order valence-corrected chi connectivity index (χ2v) is 7.54. The van der Waals surface area contributed by atoms with E-state index in [0.29, 0.717) is 5.71 Å². The van der Waals surface area contributed by atoms with Gasteiger partial charge in [-0.15, -0.1) is 0 Å². The Kier molecular flexibility index (Phi) is 6.37. The summed E-state index contributed by atoms with van der Waals surface area (Å²) >= 11 is 0. The predicted molar refractivity (Wildman–Crippen MR) is 115 cm³/mol. The molecule has 2 aromatic rings. The SMILES string of the molecule is C=C(O)C(c1ccc(C)cc1C)C(C)[N+](C)=CC(=N)c1c(C)cccc1C. The Morgan fingerprint density at radius 3 is 2.19 bits per heavy atom. The fourth-order valence-electron chi connectivity index (χ4n) is 3.75. The number of aliphatic hydroxyl groups excluding tert-OH is 1. The molecule has 0 saturated carbocycles. The summed E-state index contributed by atoms with van der Waals surface area (Å²) in [6.45, 7) is 14.1. The van der Waals surface area contributed by atoms with Crippen molar-refractivity contribution in [2.75, 3.05) is 7.05 Å². The molecule has 0 bridgehead atoms. The Hall–Kier alpha value is -2.68. The van der Waals surface area contributed by atoms with Crippen LogP contribution in [0.4, 0.5) is 0 Å². The molecule has 3 nitrogen and oxygen atoms in total. The zero-order valence-corrected chi connectivity index (χ0v) is 17.3. The van der Waals surface area contributed by atoms with E-state index in [1.807, 2.05) is 49.9 Å². The highest BCUT2D eigenvalue weighted by Gasteiger charge is 2.30. The van der Waals surface area contributed by atoms with Gasteiger partial charge in [0.15, 0.2) is 12.3 Å². The smallest absolute Gasteiger partial charge is 0.189 e. The zero-order valence-electron chi connectivity index (χ0n) is 17.3. The summed E-state index contributed by atoms with van der Waals surface area (Å²) in [4.78, 5) is 0. The molecule has 2 aromatic carbocycles. The molecule has 0 saturated heterocycles. The summed E-state index contributed by atoms with van der Waals surface area (Å²) in [5, 5.41) is 18.9. The molecule has 0 fully saturated rings. The summed E-state index contributed by atoms with van der Waals surface area (Å²) in [6, 6.07) is 12.3. The van der Waals surface area contributed by atoms with Gasteiger partial charge in [-0.3, -0.25) is 5.41 Å². The van der Waals surface area contributed by atoms with Gasteiger partial charge in [0.1, 0.15) is 18.7 Å². The first-order valence-electron chi connectivity index (χ1n) is 9.30. The van der Waals surface area contributed by atoms with Crippen LogP contribution in [0.3, 0.4) is 0 Å². The maximum absolute atomic E-state index is 10.3. The largest absolute Gasteiger partial charge is 0.512 e. The maximum atomic E-state index is 10.3. The Balaban J connectivity index is 2.40. The summed E-state index contributed by atoms with van der Waals surface area (Å²) in [5.74, 6) is -0.0778. The van der Waals surface area contributed by atoms with Gasteiger partial charge in [-0.2, -0.15) is 0 Å². The second kappa shape index (κ2) is 8.34. The second-order valence-electron chi connectivity index (χ2n) is 7.54. The van der Waals surface area contributed by atoms with Crippen LogP contribution in [-0.2, 0) is 0 Å². The van der Waals surface area contributed by atoms with E-state index in [4.69, 9.17) is 5.41 Å². The molecular weight excluding hydrogens is 332 g/mol. The molecule has 2 rings (SSSR count). The third-order valence-electron chi connectivity index (χ3n) is 5.33. The lowest BCUT2D eigenvalue weighted by atomic mass is 9.87. The highest BCUT2D eigenvalue weighted by atomic mass is 16.3. The van der Waals surface area contributed by atoms with Crippen molar-refractivity contribution in [2.24, 2.45) is 0 Å². The van der Waals surface area contributed by atoms with Gasteiger partial charge in [0.25, 0.3) is 0 Å². The quantitative estimate of drug-likeness (QED) is 0.411. The average Bonchev–Trinajstić information content (AvgIpc) is 2.56. The van der Waals surface area contributed by atoms with E-state index < -0.39 is 0 Å². The lowest BCUT2D eigenvalue weighted by Crippen LogP contribution is -2.31. The average molecular weight is 364 g/mol. The summed E-state index contributed by atoms with van der Waals surface area (Å²) < 4.78 is 2.00. The number of hydrogen-bond donors (Lipinski definition) is 2. The lowest BCUT2D eigenvalue weighted by Gasteiger charge is -2.22. The van der Waals surface area contributed by atoms with E-state index in [-0.39, 0.29) is 17.7 Å². The van der Waals surface area contributed by atoms with Crippen LogP contribution in [0.5, 0.6) is 0 Å². The van der Waals surface area contributed by atoms with Crippen molar-refractivity contribution in [3.05, 3.63) is 82.1 Å². The number of nitrogens with one attached hydrogen (secondary N) is 1. The number of aliphatic hydroxyl groups is 1. The maximum Gasteiger partial charge on any atom is 0.189 e. The van der Waals surface area contributed by atoms with E-state index in [2.05, 4.69) is 45.5 Å². The third-order valence-corrected chi connectivity index (χ3v) is 5.33. The molecule has 27 heavy (non-hydrogen) atoms. The molecule has 2 N–H and O–H groups in total. The molecule has 0 aliphatic rings. The van der Waals surface area contributed by atoms with Crippen LogP contribution in [0, 0.1) is 33.1 Å².